The zero-order chi connectivity index (χ0) is 13.2. The predicted molar refractivity (Wildman–Crippen MR) is 56.9 cm³/mol. The van der Waals surface area contributed by atoms with Crippen LogP contribution in [-0.2, 0) is 6.18 Å². The van der Waals surface area contributed by atoms with E-state index in [2.05, 4.69) is 9.97 Å². The van der Waals surface area contributed by atoms with Gasteiger partial charge in [-0.25, -0.2) is 9.97 Å². The molecule has 0 radical (unpaired) electrons. The first-order valence-corrected chi connectivity index (χ1v) is 4.97. The van der Waals surface area contributed by atoms with E-state index in [-0.39, 0.29) is 11.4 Å². The maximum Gasteiger partial charge on any atom is 0.416 e. The molecule has 1 aromatic carbocycles. The van der Waals surface area contributed by atoms with Crippen molar-refractivity contribution in [3.05, 3.63) is 59.7 Å². The molecular weight excluding hydrogens is 245 g/mol. The number of rotatable bonds is 2. The molecule has 0 amide bonds. The number of hydrogen-bond acceptors (Lipinski definition) is 3. The number of halogens is 3. The topological polar surface area (TPSA) is 42.9 Å². The second-order valence-electron chi connectivity index (χ2n) is 3.48. The molecule has 0 aliphatic carbocycles. The number of aromatic nitrogens is 2. The molecule has 92 valence electrons. The summed E-state index contributed by atoms with van der Waals surface area (Å²) in [5, 5.41) is 0. The van der Waals surface area contributed by atoms with E-state index in [0.29, 0.717) is 0 Å². The van der Waals surface area contributed by atoms with Crippen LogP contribution in [-0.4, -0.2) is 15.8 Å². The van der Waals surface area contributed by atoms with E-state index < -0.39 is 17.5 Å². The molecule has 0 saturated carbocycles. The van der Waals surface area contributed by atoms with Crippen LogP contribution in [0.3, 0.4) is 0 Å². The molecule has 18 heavy (non-hydrogen) atoms. The quantitative estimate of drug-likeness (QED) is 0.772. The zero-order valence-electron chi connectivity index (χ0n) is 8.98. The number of ketones is 1. The number of carbonyl (C=O) groups excluding carboxylic acids is 1. The average Bonchev–Trinajstić information content (AvgIpc) is 2.38. The Morgan fingerprint density at radius 1 is 1.06 bits per heavy atom. The summed E-state index contributed by atoms with van der Waals surface area (Å²) < 4.78 is 37.5. The van der Waals surface area contributed by atoms with Gasteiger partial charge in [0.25, 0.3) is 0 Å². The van der Waals surface area contributed by atoms with E-state index in [1.807, 2.05) is 0 Å². The van der Waals surface area contributed by atoms with Crippen molar-refractivity contribution in [1.82, 2.24) is 9.97 Å². The van der Waals surface area contributed by atoms with Crippen molar-refractivity contribution in [3.8, 4) is 0 Å². The van der Waals surface area contributed by atoms with E-state index >= 15 is 0 Å². The highest BCUT2D eigenvalue weighted by Gasteiger charge is 2.31. The van der Waals surface area contributed by atoms with Gasteiger partial charge in [-0.2, -0.15) is 13.2 Å². The fourth-order valence-corrected chi connectivity index (χ4v) is 1.38. The first-order valence-electron chi connectivity index (χ1n) is 4.97. The summed E-state index contributed by atoms with van der Waals surface area (Å²) >= 11 is 0. The predicted octanol–water partition coefficient (Wildman–Crippen LogP) is 2.73. The summed E-state index contributed by atoms with van der Waals surface area (Å²) in [4.78, 5) is 19.2. The second-order valence-corrected chi connectivity index (χ2v) is 3.48. The number of hydrogen-bond donors (Lipinski definition) is 0. The minimum absolute atomic E-state index is 0.0870. The van der Waals surface area contributed by atoms with Gasteiger partial charge in [-0.05, 0) is 18.2 Å². The first kappa shape index (κ1) is 12.2. The molecule has 1 aromatic heterocycles. The summed E-state index contributed by atoms with van der Waals surface area (Å²) in [7, 11) is 0. The van der Waals surface area contributed by atoms with Crippen LogP contribution < -0.4 is 0 Å². The van der Waals surface area contributed by atoms with Crippen LogP contribution >= 0.6 is 0 Å². The van der Waals surface area contributed by atoms with Gasteiger partial charge in [0.2, 0.25) is 11.6 Å². The van der Waals surface area contributed by atoms with Crippen LogP contribution in [0.15, 0.2) is 42.7 Å². The molecule has 0 saturated heterocycles. The third-order valence-electron chi connectivity index (χ3n) is 2.22. The lowest BCUT2D eigenvalue weighted by Gasteiger charge is -2.07. The lowest BCUT2D eigenvalue weighted by atomic mass is 10.1. The van der Waals surface area contributed by atoms with E-state index in [9.17, 15) is 18.0 Å². The van der Waals surface area contributed by atoms with Gasteiger partial charge in [0.1, 0.15) is 0 Å². The van der Waals surface area contributed by atoms with Crippen molar-refractivity contribution in [2.24, 2.45) is 0 Å². The van der Waals surface area contributed by atoms with Crippen molar-refractivity contribution < 1.29 is 18.0 Å². The highest BCUT2D eigenvalue weighted by molar-refractivity contribution is 6.06. The Balaban J connectivity index is 2.38. The zero-order valence-corrected chi connectivity index (χ0v) is 8.98. The Bertz CT molecular complexity index is 567. The summed E-state index contributed by atoms with van der Waals surface area (Å²) in [5.41, 5.74) is -0.958. The van der Waals surface area contributed by atoms with E-state index in [1.165, 1.54) is 30.6 Å². The first-order chi connectivity index (χ1) is 8.48. The van der Waals surface area contributed by atoms with E-state index in [0.717, 1.165) is 12.1 Å². The minimum atomic E-state index is -4.48. The Kier molecular flexibility index (Phi) is 3.10. The second kappa shape index (κ2) is 4.56. The number of benzene rings is 1. The minimum Gasteiger partial charge on any atom is -0.285 e. The van der Waals surface area contributed by atoms with Crippen LogP contribution in [0.4, 0.5) is 13.2 Å². The third kappa shape index (κ3) is 2.53. The molecule has 0 aliphatic heterocycles. The Hall–Kier alpha value is -2.24. The summed E-state index contributed by atoms with van der Waals surface area (Å²) in [6, 6.07) is 5.69. The van der Waals surface area contributed by atoms with E-state index in [1.54, 1.807) is 0 Å². The van der Waals surface area contributed by atoms with Gasteiger partial charge in [0.15, 0.2) is 0 Å². The summed E-state index contributed by atoms with van der Waals surface area (Å²) in [6.45, 7) is 0. The molecule has 0 N–H and O–H groups in total. The monoisotopic (exact) mass is 252 g/mol. The lowest BCUT2D eigenvalue weighted by Crippen LogP contribution is -2.10. The smallest absolute Gasteiger partial charge is 0.285 e. The van der Waals surface area contributed by atoms with Gasteiger partial charge in [0.05, 0.1) is 5.56 Å². The maximum atomic E-state index is 12.5. The largest absolute Gasteiger partial charge is 0.416 e. The van der Waals surface area contributed by atoms with Crippen molar-refractivity contribution in [2.45, 2.75) is 6.18 Å². The Morgan fingerprint density at radius 2 is 1.72 bits per heavy atom. The van der Waals surface area contributed by atoms with Gasteiger partial charge >= 0.3 is 6.18 Å². The Labute approximate surface area is 100 Å². The standard InChI is InChI=1S/C12H7F3N2O/c13-12(14,15)9-4-1-3-8(7-9)10(18)11-16-5-2-6-17-11/h1-7H. The van der Waals surface area contributed by atoms with Gasteiger partial charge in [-0.1, -0.05) is 12.1 Å². The van der Waals surface area contributed by atoms with Crippen LogP contribution in [0.2, 0.25) is 0 Å². The van der Waals surface area contributed by atoms with Gasteiger partial charge in [0, 0.05) is 18.0 Å². The lowest BCUT2D eigenvalue weighted by molar-refractivity contribution is -0.137. The molecule has 3 nitrogen and oxygen atoms in total. The molecule has 0 spiro atoms. The molecular formula is C12H7F3N2O. The van der Waals surface area contributed by atoms with Crippen LogP contribution in [0, 0.1) is 0 Å². The van der Waals surface area contributed by atoms with Crippen LogP contribution in [0.1, 0.15) is 21.7 Å². The van der Waals surface area contributed by atoms with Crippen molar-refractivity contribution in [3.63, 3.8) is 0 Å². The SMILES string of the molecule is O=C(c1cccc(C(F)(F)F)c1)c1ncccn1. The van der Waals surface area contributed by atoms with Crippen LogP contribution in [0.25, 0.3) is 0 Å². The normalized spacial score (nSPS) is 11.3. The molecule has 1 heterocycles. The van der Waals surface area contributed by atoms with Gasteiger partial charge < -0.3 is 0 Å². The molecule has 2 aromatic rings. The van der Waals surface area contributed by atoms with E-state index in [4.69, 9.17) is 0 Å². The van der Waals surface area contributed by atoms with Gasteiger partial charge in [-0.3, -0.25) is 4.79 Å². The number of carbonyl (C=O) groups is 1. The molecule has 0 aliphatic rings. The molecule has 0 atom stereocenters. The number of alkyl halides is 3. The maximum absolute atomic E-state index is 12.5. The number of nitrogens with zero attached hydrogens (tertiary/aromatic N) is 2. The fourth-order valence-electron chi connectivity index (χ4n) is 1.38. The average molecular weight is 252 g/mol. The highest BCUT2D eigenvalue weighted by atomic mass is 19.4. The van der Waals surface area contributed by atoms with Crippen LogP contribution in [0.5, 0.6) is 0 Å². The fraction of sp³-hybridized carbons (Fsp3) is 0.0833. The summed E-state index contributed by atoms with van der Waals surface area (Å²) in [5.74, 6) is -0.765. The van der Waals surface area contributed by atoms with Crippen molar-refractivity contribution in [2.75, 3.05) is 0 Å². The van der Waals surface area contributed by atoms with Gasteiger partial charge in [-0.15, -0.1) is 0 Å². The van der Waals surface area contributed by atoms with Crippen molar-refractivity contribution >= 4 is 5.78 Å². The van der Waals surface area contributed by atoms with Crippen molar-refractivity contribution in [1.29, 1.82) is 0 Å². The Morgan fingerprint density at radius 3 is 2.33 bits per heavy atom. The highest BCUT2D eigenvalue weighted by Crippen LogP contribution is 2.29. The molecule has 0 fully saturated rings. The third-order valence-corrected chi connectivity index (χ3v) is 2.22. The molecule has 2 rings (SSSR count). The molecule has 0 bridgehead atoms. The molecule has 0 unspecified atom stereocenters. The molecule has 6 heteroatoms. The summed E-state index contributed by atoms with van der Waals surface area (Å²) in [6.07, 6.45) is -1.77.